The standard InChI is InChI=1S/C9H17N3O2S/c10-11-15(14)6-4-12(5-7-15)9(13)8-2-1-3-8/h8H,1-7,10H2. The second-order valence-electron chi connectivity index (χ2n) is 4.24. The Bertz CT molecular complexity index is 356. The Balaban J connectivity index is 1.93. The van der Waals surface area contributed by atoms with Gasteiger partial charge in [0.1, 0.15) is 0 Å². The summed E-state index contributed by atoms with van der Waals surface area (Å²) in [5.74, 6) is 6.43. The molecule has 0 unspecified atom stereocenters. The molecular weight excluding hydrogens is 214 g/mol. The van der Waals surface area contributed by atoms with Gasteiger partial charge in [0.15, 0.2) is 0 Å². The molecule has 0 aromatic rings. The Kier molecular flexibility index (Phi) is 2.97. The van der Waals surface area contributed by atoms with Crippen molar-refractivity contribution >= 4 is 15.6 Å². The van der Waals surface area contributed by atoms with Crippen LogP contribution in [0, 0.1) is 5.92 Å². The summed E-state index contributed by atoms with van der Waals surface area (Å²) in [5.41, 5.74) is 0. The number of hydrogen-bond acceptors (Lipinski definition) is 3. The molecule has 2 aliphatic rings. The molecule has 0 radical (unpaired) electrons. The molecule has 5 nitrogen and oxygen atoms in total. The van der Waals surface area contributed by atoms with E-state index in [2.05, 4.69) is 4.47 Å². The predicted octanol–water partition coefficient (Wildman–Crippen LogP) is -0.0296. The van der Waals surface area contributed by atoms with E-state index in [4.69, 9.17) is 5.84 Å². The molecule has 1 heterocycles. The zero-order valence-corrected chi connectivity index (χ0v) is 9.54. The molecule has 0 aromatic heterocycles. The van der Waals surface area contributed by atoms with Crippen LogP contribution in [0.1, 0.15) is 19.3 Å². The second kappa shape index (κ2) is 4.09. The van der Waals surface area contributed by atoms with E-state index < -0.39 is 9.73 Å². The van der Waals surface area contributed by atoms with Crippen molar-refractivity contribution in [1.82, 2.24) is 4.90 Å². The lowest BCUT2D eigenvalue weighted by atomic mass is 9.84. The highest BCUT2D eigenvalue weighted by atomic mass is 32.2. The Morgan fingerprint density at radius 1 is 1.33 bits per heavy atom. The lowest BCUT2D eigenvalue weighted by Crippen LogP contribution is -2.47. The summed E-state index contributed by atoms with van der Waals surface area (Å²) in [6, 6.07) is 0. The number of rotatable bonds is 1. The van der Waals surface area contributed by atoms with Crippen LogP contribution >= 0.6 is 0 Å². The van der Waals surface area contributed by atoms with Crippen molar-refractivity contribution in [2.75, 3.05) is 24.6 Å². The number of carbonyl (C=O) groups excluding carboxylic acids is 1. The number of amides is 1. The number of carbonyl (C=O) groups is 1. The van der Waals surface area contributed by atoms with Gasteiger partial charge in [0.25, 0.3) is 0 Å². The zero-order chi connectivity index (χ0) is 10.9. The third-order valence-electron chi connectivity index (χ3n) is 3.32. The van der Waals surface area contributed by atoms with Crippen molar-refractivity contribution < 1.29 is 9.00 Å². The molecule has 2 fully saturated rings. The highest BCUT2D eigenvalue weighted by molar-refractivity contribution is 7.93. The zero-order valence-electron chi connectivity index (χ0n) is 8.72. The van der Waals surface area contributed by atoms with Gasteiger partial charge in [0.2, 0.25) is 5.91 Å². The summed E-state index contributed by atoms with van der Waals surface area (Å²) < 4.78 is 15.2. The van der Waals surface area contributed by atoms with E-state index in [-0.39, 0.29) is 11.8 Å². The number of hydrogen-bond donors (Lipinski definition) is 1. The average Bonchev–Trinajstić information content (AvgIpc) is 2.16. The quantitative estimate of drug-likeness (QED) is 0.508. The van der Waals surface area contributed by atoms with Gasteiger partial charge in [-0.15, -0.1) is 0 Å². The minimum Gasteiger partial charge on any atom is -0.341 e. The van der Waals surface area contributed by atoms with Crippen LogP contribution in [-0.2, 0) is 14.5 Å². The fourth-order valence-electron chi connectivity index (χ4n) is 1.96. The summed E-state index contributed by atoms with van der Waals surface area (Å²) in [5, 5.41) is 0. The fourth-order valence-corrected chi connectivity index (χ4v) is 3.39. The van der Waals surface area contributed by atoms with E-state index in [0.29, 0.717) is 24.6 Å². The molecule has 0 aromatic carbocycles. The summed E-state index contributed by atoms with van der Waals surface area (Å²) in [6.45, 7) is 1.10. The molecule has 1 saturated carbocycles. The van der Waals surface area contributed by atoms with Gasteiger partial charge in [0, 0.05) is 19.0 Å². The van der Waals surface area contributed by atoms with E-state index in [1.165, 1.54) is 6.42 Å². The first kappa shape index (κ1) is 10.9. The summed E-state index contributed by atoms with van der Waals surface area (Å²) in [7, 11) is -2.20. The number of nitrogens with two attached hydrogens (primary N) is 1. The van der Waals surface area contributed by atoms with Gasteiger partial charge in [-0.1, -0.05) is 6.42 Å². The molecule has 15 heavy (non-hydrogen) atoms. The lowest BCUT2D eigenvalue weighted by Gasteiger charge is -2.34. The fraction of sp³-hybridized carbons (Fsp3) is 0.889. The molecule has 1 aliphatic carbocycles. The van der Waals surface area contributed by atoms with Crippen LogP contribution in [0.15, 0.2) is 4.47 Å². The van der Waals surface area contributed by atoms with Crippen LogP contribution in [0.25, 0.3) is 0 Å². The third-order valence-corrected chi connectivity index (χ3v) is 5.34. The van der Waals surface area contributed by atoms with Gasteiger partial charge in [-0.3, -0.25) is 4.79 Å². The first-order chi connectivity index (χ1) is 7.14. The Morgan fingerprint density at radius 3 is 2.33 bits per heavy atom. The molecule has 1 amide bonds. The van der Waals surface area contributed by atoms with Crippen LogP contribution in [0.5, 0.6) is 0 Å². The molecule has 1 aliphatic heterocycles. The molecule has 86 valence electrons. The molecule has 0 bridgehead atoms. The molecule has 0 atom stereocenters. The Labute approximate surface area is 90.2 Å². The molecule has 2 N–H and O–H groups in total. The maximum absolute atomic E-state index is 11.9. The smallest absolute Gasteiger partial charge is 0.225 e. The van der Waals surface area contributed by atoms with Crippen molar-refractivity contribution in [3.63, 3.8) is 0 Å². The Morgan fingerprint density at radius 2 is 1.93 bits per heavy atom. The van der Waals surface area contributed by atoms with E-state index in [1.807, 2.05) is 4.90 Å². The summed E-state index contributed by atoms with van der Waals surface area (Å²) in [4.78, 5) is 13.7. The largest absolute Gasteiger partial charge is 0.341 e. The van der Waals surface area contributed by atoms with Crippen molar-refractivity contribution in [2.24, 2.45) is 16.2 Å². The lowest BCUT2D eigenvalue weighted by molar-refractivity contribution is -0.137. The normalized spacial score (nSPS) is 25.8. The van der Waals surface area contributed by atoms with Gasteiger partial charge in [-0.25, -0.2) is 10.1 Å². The molecule has 6 heteroatoms. The minimum atomic E-state index is -2.20. The van der Waals surface area contributed by atoms with Gasteiger partial charge in [0.05, 0.1) is 21.2 Å². The highest BCUT2D eigenvalue weighted by Gasteiger charge is 2.32. The summed E-state index contributed by atoms with van der Waals surface area (Å²) in [6.07, 6.45) is 3.21. The van der Waals surface area contributed by atoms with Gasteiger partial charge >= 0.3 is 0 Å². The SMILES string of the molecule is NN=S1(=O)CCN(C(=O)C2CCC2)CC1. The predicted molar refractivity (Wildman–Crippen MR) is 58.4 cm³/mol. The molecule has 1 saturated heterocycles. The van der Waals surface area contributed by atoms with E-state index in [9.17, 15) is 9.00 Å². The topological polar surface area (TPSA) is 75.8 Å². The van der Waals surface area contributed by atoms with Crippen LogP contribution in [0.2, 0.25) is 0 Å². The van der Waals surface area contributed by atoms with Crippen molar-refractivity contribution in [3.8, 4) is 0 Å². The molecule has 0 spiro atoms. The minimum absolute atomic E-state index is 0.231. The third kappa shape index (κ3) is 2.15. The van der Waals surface area contributed by atoms with Crippen LogP contribution in [-0.4, -0.2) is 39.6 Å². The molecule has 2 rings (SSSR count). The maximum atomic E-state index is 11.9. The van der Waals surface area contributed by atoms with Crippen molar-refractivity contribution in [2.45, 2.75) is 19.3 Å². The monoisotopic (exact) mass is 231 g/mol. The van der Waals surface area contributed by atoms with Crippen LogP contribution in [0.3, 0.4) is 0 Å². The van der Waals surface area contributed by atoms with Gasteiger partial charge < -0.3 is 4.90 Å². The van der Waals surface area contributed by atoms with Crippen molar-refractivity contribution in [3.05, 3.63) is 0 Å². The number of nitrogens with zero attached hydrogens (tertiary/aromatic N) is 2. The van der Waals surface area contributed by atoms with Crippen molar-refractivity contribution in [1.29, 1.82) is 0 Å². The highest BCUT2D eigenvalue weighted by Crippen LogP contribution is 2.28. The van der Waals surface area contributed by atoms with E-state index >= 15 is 0 Å². The first-order valence-corrected chi connectivity index (χ1v) is 7.20. The summed E-state index contributed by atoms with van der Waals surface area (Å²) >= 11 is 0. The van der Waals surface area contributed by atoms with Gasteiger partial charge in [-0.05, 0) is 12.8 Å². The van der Waals surface area contributed by atoms with Crippen LogP contribution < -0.4 is 5.84 Å². The average molecular weight is 231 g/mol. The maximum Gasteiger partial charge on any atom is 0.225 e. The molecular formula is C9H17N3O2S. The second-order valence-corrected chi connectivity index (χ2v) is 6.81. The van der Waals surface area contributed by atoms with Crippen LogP contribution in [0.4, 0.5) is 0 Å². The van der Waals surface area contributed by atoms with Gasteiger partial charge in [-0.2, -0.15) is 4.47 Å². The first-order valence-electron chi connectivity index (χ1n) is 5.35. The Hall–Kier alpha value is -0.620. The van der Waals surface area contributed by atoms with E-state index in [1.54, 1.807) is 0 Å². The van der Waals surface area contributed by atoms with E-state index in [0.717, 1.165) is 12.8 Å².